The predicted molar refractivity (Wildman–Crippen MR) is 65.4 cm³/mol. The topological polar surface area (TPSA) is 68.8 Å². The summed E-state index contributed by atoms with van der Waals surface area (Å²) in [4.78, 5) is 4.47. The third-order valence-corrected chi connectivity index (χ3v) is 3.09. The van der Waals surface area contributed by atoms with Crippen molar-refractivity contribution in [2.75, 3.05) is 11.9 Å². The summed E-state index contributed by atoms with van der Waals surface area (Å²) in [6.07, 6.45) is 4.60. The molecule has 0 bridgehead atoms. The van der Waals surface area contributed by atoms with E-state index in [1.54, 1.807) is 22.2 Å². The maximum atomic E-state index is 5.48. The third-order valence-electron chi connectivity index (χ3n) is 2.14. The predicted octanol–water partition coefficient (Wildman–Crippen LogP) is 0.990. The molecule has 16 heavy (non-hydrogen) atoms. The van der Waals surface area contributed by atoms with Gasteiger partial charge in [0.05, 0.1) is 29.1 Å². The molecule has 0 aliphatic heterocycles. The first-order valence-electron chi connectivity index (χ1n) is 5.14. The molecule has 0 spiro atoms. The van der Waals surface area contributed by atoms with Crippen LogP contribution in [0.2, 0.25) is 0 Å². The Labute approximate surface area is 98.3 Å². The van der Waals surface area contributed by atoms with E-state index < -0.39 is 0 Å². The van der Waals surface area contributed by atoms with Crippen LogP contribution >= 0.6 is 11.3 Å². The molecule has 0 radical (unpaired) electrons. The molecular formula is C10H15N5S. The van der Waals surface area contributed by atoms with Gasteiger partial charge in [0.15, 0.2) is 0 Å². The highest BCUT2D eigenvalue weighted by Crippen LogP contribution is 2.12. The van der Waals surface area contributed by atoms with Crippen molar-refractivity contribution in [2.24, 2.45) is 12.8 Å². The second-order valence-electron chi connectivity index (χ2n) is 3.53. The van der Waals surface area contributed by atoms with Gasteiger partial charge in [-0.1, -0.05) is 0 Å². The Kier molecular flexibility index (Phi) is 3.53. The van der Waals surface area contributed by atoms with Crippen LogP contribution in [0.25, 0.3) is 0 Å². The summed E-state index contributed by atoms with van der Waals surface area (Å²) in [6.45, 7) is 1.38. The largest absolute Gasteiger partial charge is 0.377 e. The van der Waals surface area contributed by atoms with Crippen LogP contribution in [-0.4, -0.2) is 21.3 Å². The van der Waals surface area contributed by atoms with Crippen molar-refractivity contribution in [3.63, 3.8) is 0 Å². The molecule has 86 valence electrons. The summed E-state index contributed by atoms with van der Waals surface area (Å²) in [5, 5.41) is 10.5. The van der Waals surface area contributed by atoms with Gasteiger partial charge in [-0.15, -0.1) is 11.3 Å². The highest BCUT2D eigenvalue weighted by molar-refractivity contribution is 7.09. The van der Waals surface area contributed by atoms with Crippen molar-refractivity contribution in [3.8, 4) is 0 Å². The highest BCUT2D eigenvalue weighted by atomic mass is 32.1. The summed E-state index contributed by atoms with van der Waals surface area (Å²) in [5.74, 6) is 0. The number of hydrogen-bond donors (Lipinski definition) is 2. The molecule has 0 atom stereocenters. The van der Waals surface area contributed by atoms with E-state index in [4.69, 9.17) is 5.73 Å². The number of aromatic nitrogens is 3. The van der Waals surface area contributed by atoms with E-state index in [1.165, 1.54) is 0 Å². The molecule has 0 aliphatic carbocycles. The minimum Gasteiger partial charge on any atom is -0.377 e. The van der Waals surface area contributed by atoms with Gasteiger partial charge in [0, 0.05) is 25.0 Å². The summed E-state index contributed by atoms with van der Waals surface area (Å²) in [6, 6.07) is 0. The van der Waals surface area contributed by atoms with Crippen LogP contribution in [0.3, 0.4) is 0 Å². The van der Waals surface area contributed by atoms with Crippen LogP contribution in [0.15, 0.2) is 17.8 Å². The monoisotopic (exact) mass is 237 g/mol. The number of rotatable bonds is 5. The van der Waals surface area contributed by atoms with Gasteiger partial charge < -0.3 is 11.1 Å². The molecule has 0 saturated heterocycles. The van der Waals surface area contributed by atoms with E-state index in [9.17, 15) is 0 Å². The van der Waals surface area contributed by atoms with Crippen LogP contribution in [0.5, 0.6) is 0 Å². The van der Waals surface area contributed by atoms with Crippen LogP contribution in [-0.2, 0) is 20.0 Å². The minimum absolute atomic E-state index is 0.656. The SMILES string of the molecule is Cn1cc(NCc2csc(CCN)n2)cn1. The number of anilines is 1. The van der Waals surface area contributed by atoms with Gasteiger partial charge in [-0.25, -0.2) is 4.98 Å². The number of nitrogens with two attached hydrogens (primary N) is 1. The first-order chi connectivity index (χ1) is 7.78. The molecule has 0 unspecified atom stereocenters. The normalized spacial score (nSPS) is 10.6. The lowest BCUT2D eigenvalue weighted by Crippen LogP contribution is -2.03. The van der Waals surface area contributed by atoms with Crippen LogP contribution < -0.4 is 11.1 Å². The van der Waals surface area contributed by atoms with E-state index in [2.05, 4.69) is 20.8 Å². The fraction of sp³-hybridized carbons (Fsp3) is 0.400. The van der Waals surface area contributed by atoms with Crippen molar-refractivity contribution < 1.29 is 0 Å². The average Bonchev–Trinajstić information content (AvgIpc) is 2.85. The van der Waals surface area contributed by atoms with Crippen LogP contribution in [0.1, 0.15) is 10.7 Å². The molecular weight excluding hydrogens is 222 g/mol. The molecule has 0 saturated carbocycles. The Morgan fingerprint density at radius 3 is 3.12 bits per heavy atom. The molecule has 0 aliphatic rings. The lowest BCUT2D eigenvalue weighted by molar-refractivity contribution is 0.768. The maximum Gasteiger partial charge on any atom is 0.0941 e. The fourth-order valence-electron chi connectivity index (χ4n) is 1.37. The van der Waals surface area contributed by atoms with E-state index in [-0.39, 0.29) is 0 Å². The van der Waals surface area contributed by atoms with Gasteiger partial charge >= 0.3 is 0 Å². The van der Waals surface area contributed by atoms with Crippen molar-refractivity contribution in [3.05, 3.63) is 28.5 Å². The summed E-state index contributed by atoms with van der Waals surface area (Å²) in [5.41, 5.74) is 7.54. The number of aryl methyl sites for hydroxylation is 1. The Morgan fingerprint density at radius 1 is 1.56 bits per heavy atom. The number of nitrogens with one attached hydrogen (secondary N) is 1. The van der Waals surface area contributed by atoms with Crippen LogP contribution in [0, 0.1) is 0 Å². The molecule has 5 nitrogen and oxygen atoms in total. The minimum atomic E-state index is 0.656. The molecule has 2 aromatic rings. The lowest BCUT2D eigenvalue weighted by Gasteiger charge is -1.99. The van der Waals surface area contributed by atoms with Gasteiger partial charge in [0.25, 0.3) is 0 Å². The molecule has 2 heterocycles. The fourth-order valence-corrected chi connectivity index (χ4v) is 2.19. The van der Waals surface area contributed by atoms with E-state index in [0.29, 0.717) is 6.54 Å². The molecule has 6 heteroatoms. The average molecular weight is 237 g/mol. The lowest BCUT2D eigenvalue weighted by atomic mass is 10.4. The van der Waals surface area contributed by atoms with Gasteiger partial charge in [-0.3, -0.25) is 4.68 Å². The zero-order valence-corrected chi connectivity index (χ0v) is 10.00. The zero-order valence-electron chi connectivity index (χ0n) is 9.18. The van der Waals surface area contributed by atoms with Gasteiger partial charge in [-0.2, -0.15) is 5.10 Å². The number of nitrogens with zero attached hydrogens (tertiary/aromatic N) is 3. The summed E-state index contributed by atoms with van der Waals surface area (Å²) < 4.78 is 1.77. The molecule has 0 aromatic carbocycles. The van der Waals surface area contributed by atoms with E-state index >= 15 is 0 Å². The molecule has 0 fully saturated rings. The maximum absolute atomic E-state index is 5.48. The quantitative estimate of drug-likeness (QED) is 0.813. The first-order valence-corrected chi connectivity index (χ1v) is 6.02. The first kappa shape index (κ1) is 11.1. The second-order valence-corrected chi connectivity index (χ2v) is 4.47. The standard InChI is InChI=1S/C10H15N5S/c1-15-6-8(5-13-15)12-4-9-7-16-10(14-9)2-3-11/h5-7,12H,2-4,11H2,1H3. The van der Waals surface area contributed by atoms with Gasteiger partial charge in [0.1, 0.15) is 0 Å². The zero-order chi connectivity index (χ0) is 11.4. The van der Waals surface area contributed by atoms with Gasteiger partial charge in [-0.05, 0) is 6.54 Å². The Hall–Kier alpha value is -1.40. The summed E-state index contributed by atoms with van der Waals surface area (Å²) >= 11 is 1.66. The van der Waals surface area contributed by atoms with Crippen LogP contribution in [0.4, 0.5) is 5.69 Å². The third kappa shape index (κ3) is 2.80. The Morgan fingerprint density at radius 2 is 2.44 bits per heavy atom. The van der Waals surface area contributed by atoms with E-state index in [1.807, 2.05) is 13.2 Å². The molecule has 3 N–H and O–H groups in total. The van der Waals surface area contributed by atoms with Crippen molar-refractivity contribution >= 4 is 17.0 Å². The number of thiazole rings is 1. The van der Waals surface area contributed by atoms with Crippen molar-refractivity contribution in [2.45, 2.75) is 13.0 Å². The number of hydrogen-bond acceptors (Lipinski definition) is 5. The second kappa shape index (κ2) is 5.09. The van der Waals surface area contributed by atoms with Crippen molar-refractivity contribution in [1.29, 1.82) is 0 Å². The van der Waals surface area contributed by atoms with Gasteiger partial charge in [0.2, 0.25) is 0 Å². The molecule has 2 aromatic heterocycles. The van der Waals surface area contributed by atoms with Crippen molar-refractivity contribution in [1.82, 2.24) is 14.8 Å². The Bertz CT molecular complexity index is 448. The Balaban J connectivity index is 1.89. The molecule has 2 rings (SSSR count). The summed E-state index contributed by atoms with van der Waals surface area (Å²) in [7, 11) is 1.90. The highest BCUT2D eigenvalue weighted by Gasteiger charge is 2.01. The smallest absolute Gasteiger partial charge is 0.0941 e. The molecule has 0 amide bonds. The van der Waals surface area contributed by atoms with E-state index in [0.717, 1.165) is 29.4 Å².